The molecular weight excluding hydrogens is 410 g/mol. The van der Waals surface area contributed by atoms with Gasteiger partial charge in [-0.3, -0.25) is 4.79 Å². The molecule has 6 heteroatoms. The molecule has 0 atom stereocenters. The largest absolute Gasteiger partial charge is 0.345 e. The van der Waals surface area contributed by atoms with Crippen LogP contribution in [0.3, 0.4) is 0 Å². The van der Waals surface area contributed by atoms with Crippen LogP contribution in [0.2, 0.25) is 0 Å². The molecule has 1 amide bonds. The van der Waals surface area contributed by atoms with Crippen molar-refractivity contribution in [2.75, 3.05) is 36.8 Å². The van der Waals surface area contributed by atoms with E-state index in [-0.39, 0.29) is 0 Å². The SMILES string of the molecule is Cc1ccc2sc(N3CCN(C(=O)CCCSCc4ccccc4)CC3)nc2c1C. The number of aryl methyl sites for hydroxylation is 2. The molecule has 0 spiro atoms. The van der Waals surface area contributed by atoms with Gasteiger partial charge in [0.15, 0.2) is 5.13 Å². The number of aromatic nitrogens is 1. The number of amides is 1. The minimum Gasteiger partial charge on any atom is -0.345 e. The maximum atomic E-state index is 12.6. The van der Waals surface area contributed by atoms with Crippen molar-refractivity contribution in [3.63, 3.8) is 0 Å². The van der Waals surface area contributed by atoms with Crippen molar-refractivity contribution in [2.24, 2.45) is 0 Å². The van der Waals surface area contributed by atoms with Gasteiger partial charge in [-0.1, -0.05) is 47.7 Å². The molecule has 1 aliphatic rings. The maximum Gasteiger partial charge on any atom is 0.222 e. The molecule has 3 aromatic rings. The highest BCUT2D eigenvalue weighted by atomic mass is 32.2. The second-order valence-corrected chi connectivity index (χ2v) is 9.97. The van der Waals surface area contributed by atoms with Crippen molar-refractivity contribution in [3.05, 3.63) is 59.2 Å². The molecule has 0 aliphatic carbocycles. The zero-order valence-corrected chi connectivity index (χ0v) is 19.4. The number of piperazine rings is 1. The van der Waals surface area contributed by atoms with Gasteiger partial charge in [-0.25, -0.2) is 4.98 Å². The Morgan fingerprint density at radius 2 is 1.83 bits per heavy atom. The van der Waals surface area contributed by atoms with Crippen molar-refractivity contribution in [1.82, 2.24) is 9.88 Å². The van der Waals surface area contributed by atoms with E-state index in [1.165, 1.54) is 21.4 Å². The third-order valence-electron chi connectivity index (χ3n) is 5.77. The Bertz CT molecular complexity index is 994. The number of thioether (sulfide) groups is 1. The normalized spacial score (nSPS) is 14.5. The summed E-state index contributed by atoms with van der Waals surface area (Å²) in [5.74, 6) is 2.35. The fraction of sp³-hybridized carbons (Fsp3) is 0.417. The van der Waals surface area contributed by atoms with Gasteiger partial charge in [0.1, 0.15) is 0 Å². The summed E-state index contributed by atoms with van der Waals surface area (Å²) in [6, 6.07) is 14.9. The first-order valence-corrected chi connectivity index (χ1v) is 12.6. The molecule has 158 valence electrons. The minimum absolute atomic E-state index is 0.297. The summed E-state index contributed by atoms with van der Waals surface area (Å²) in [5, 5.41) is 1.09. The molecule has 0 radical (unpaired) electrons. The number of fused-ring (bicyclic) bond motifs is 1. The van der Waals surface area contributed by atoms with E-state index in [2.05, 4.69) is 55.1 Å². The number of hydrogen-bond donors (Lipinski definition) is 0. The Labute approximate surface area is 187 Å². The molecule has 30 heavy (non-hydrogen) atoms. The molecule has 4 nitrogen and oxygen atoms in total. The van der Waals surface area contributed by atoms with Crippen LogP contribution in [0.5, 0.6) is 0 Å². The first-order chi connectivity index (χ1) is 14.6. The van der Waals surface area contributed by atoms with Gasteiger partial charge in [0.05, 0.1) is 10.2 Å². The average Bonchev–Trinajstić information content (AvgIpc) is 3.22. The summed E-state index contributed by atoms with van der Waals surface area (Å²) in [7, 11) is 0. The number of carbonyl (C=O) groups excluding carboxylic acids is 1. The van der Waals surface area contributed by atoms with Crippen molar-refractivity contribution in [2.45, 2.75) is 32.4 Å². The van der Waals surface area contributed by atoms with Gasteiger partial charge in [0.25, 0.3) is 0 Å². The summed E-state index contributed by atoms with van der Waals surface area (Å²) in [6.07, 6.45) is 1.61. The second-order valence-electron chi connectivity index (χ2n) is 7.86. The van der Waals surface area contributed by atoms with Crippen LogP contribution in [0.25, 0.3) is 10.2 Å². The summed E-state index contributed by atoms with van der Waals surface area (Å²) >= 11 is 3.67. The topological polar surface area (TPSA) is 36.4 Å². The third kappa shape index (κ3) is 4.98. The zero-order valence-electron chi connectivity index (χ0n) is 17.8. The van der Waals surface area contributed by atoms with Crippen LogP contribution in [0.4, 0.5) is 5.13 Å². The lowest BCUT2D eigenvalue weighted by Crippen LogP contribution is -2.48. The fourth-order valence-corrected chi connectivity index (χ4v) is 5.74. The summed E-state index contributed by atoms with van der Waals surface area (Å²) in [6.45, 7) is 7.61. The Morgan fingerprint density at radius 1 is 1.07 bits per heavy atom. The van der Waals surface area contributed by atoms with E-state index in [9.17, 15) is 4.79 Å². The molecule has 1 aliphatic heterocycles. The van der Waals surface area contributed by atoms with E-state index in [4.69, 9.17) is 4.98 Å². The minimum atomic E-state index is 0.297. The number of thiazole rings is 1. The maximum absolute atomic E-state index is 12.6. The molecule has 1 saturated heterocycles. The Morgan fingerprint density at radius 3 is 2.60 bits per heavy atom. The molecule has 1 aromatic heterocycles. The lowest BCUT2D eigenvalue weighted by atomic mass is 10.1. The van der Waals surface area contributed by atoms with Crippen molar-refractivity contribution in [3.8, 4) is 0 Å². The van der Waals surface area contributed by atoms with Crippen LogP contribution in [-0.2, 0) is 10.5 Å². The first-order valence-electron chi connectivity index (χ1n) is 10.6. The molecule has 0 N–H and O–H groups in total. The van der Waals surface area contributed by atoms with Gasteiger partial charge in [0, 0.05) is 38.4 Å². The predicted molar refractivity (Wildman–Crippen MR) is 130 cm³/mol. The quantitative estimate of drug-likeness (QED) is 0.470. The fourth-order valence-electron chi connectivity index (χ4n) is 3.74. The van der Waals surface area contributed by atoms with E-state index < -0.39 is 0 Å². The summed E-state index contributed by atoms with van der Waals surface area (Å²) in [5.41, 5.74) is 5.04. The van der Waals surface area contributed by atoms with Crippen LogP contribution in [-0.4, -0.2) is 47.7 Å². The highest BCUT2D eigenvalue weighted by Gasteiger charge is 2.23. The monoisotopic (exact) mass is 439 g/mol. The first kappa shape index (κ1) is 21.2. The smallest absolute Gasteiger partial charge is 0.222 e. The van der Waals surface area contributed by atoms with Gasteiger partial charge < -0.3 is 9.80 Å². The lowest BCUT2D eigenvalue weighted by molar-refractivity contribution is -0.131. The van der Waals surface area contributed by atoms with Crippen LogP contribution in [0, 0.1) is 13.8 Å². The molecule has 0 saturated carbocycles. The standard InChI is InChI=1S/C24H29N3OS2/c1-18-10-11-21-23(19(18)2)25-24(30-21)27-14-12-26(13-15-27)22(28)9-6-16-29-17-20-7-4-3-5-8-20/h3-5,7-8,10-11H,6,9,12-17H2,1-2H3. The van der Waals surface area contributed by atoms with Crippen molar-refractivity contribution < 1.29 is 4.79 Å². The van der Waals surface area contributed by atoms with Gasteiger partial charge in [0.2, 0.25) is 5.91 Å². The number of benzene rings is 2. The lowest BCUT2D eigenvalue weighted by Gasteiger charge is -2.34. The summed E-state index contributed by atoms with van der Waals surface area (Å²) in [4.78, 5) is 21.8. The van der Waals surface area contributed by atoms with E-state index in [0.717, 1.165) is 54.8 Å². The van der Waals surface area contributed by atoms with Crippen LogP contribution in [0.15, 0.2) is 42.5 Å². The van der Waals surface area contributed by atoms with E-state index in [0.29, 0.717) is 12.3 Å². The second kappa shape index (κ2) is 9.84. The highest BCUT2D eigenvalue weighted by molar-refractivity contribution is 7.98. The molecule has 0 bridgehead atoms. The molecule has 0 unspecified atom stereocenters. The molecule has 4 rings (SSSR count). The Hall–Kier alpha value is -2.05. The number of hydrogen-bond acceptors (Lipinski definition) is 5. The van der Waals surface area contributed by atoms with Crippen LogP contribution >= 0.6 is 23.1 Å². The highest BCUT2D eigenvalue weighted by Crippen LogP contribution is 2.32. The van der Waals surface area contributed by atoms with E-state index in [1.54, 1.807) is 11.3 Å². The molecule has 2 heterocycles. The molecular formula is C24H29N3OS2. The molecule has 2 aromatic carbocycles. The number of nitrogens with zero attached hydrogens (tertiary/aromatic N) is 3. The van der Waals surface area contributed by atoms with E-state index >= 15 is 0 Å². The zero-order chi connectivity index (χ0) is 20.9. The van der Waals surface area contributed by atoms with Gasteiger partial charge in [-0.05, 0) is 48.8 Å². The van der Waals surface area contributed by atoms with Gasteiger partial charge >= 0.3 is 0 Å². The third-order valence-corrected chi connectivity index (χ3v) is 7.96. The van der Waals surface area contributed by atoms with Crippen molar-refractivity contribution >= 4 is 44.4 Å². The predicted octanol–water partition coefficient (Wildman–Crippen LogP) is 5.28. The summed E-state index contributed by atoms with van der Waals surface area (Å²) < 4.78 is 1.25. The van der Waals surface area contributed by atoms with Gasteiger partial charge in [-0.15, -0.1) is 0 Å². The number of carbonyl (C=O) groups is 1. The van der Waals surface area contributed by atoms with Crippen LogP contribution < -0.4 is 4.90 Å². The Balaban J connectivity index is 1.21. The van der Waals surface area contributed by atoms with Crippen molar-refractivity contribution in [1.29, 1.82) is 0 Å². The average molecular weight is 440 g/mol. The Kier molecular flexibility index (Phi) is 6.95. The van der Waals surface area contributed by atoms with E-state index in [1.807, 2.05) is 22.7 Å². The van der Waals surface area contributed by atoms with Gasteiger partial charge in [-0.2, -0.15) is 11.8 Å². The molecule has 1 fully saturated rings. The number of anilines is 1. The van der Waals surface area contributed by atoms with Crippen LogP contribution in [0.1, 0.15) is 29.5 Å². The number of rotatable bonds is 7.